The highest BCUT2D eigenvalue weighted by molar-refractivity contribution is 7.17. The second-order valence-corrected chi connectivity index (χ2v) is 4.99. The van der Waals surface area contributed by atoms with Crippen molar-refractivity contribution < 1.29 is 19.4 Å². The van der Waals surface area contributed by atoms with E-state index in [1.54, 1.807) is 0 Å². The minimum atomic E-state index is -0.980. The summed E-state index contributed by atoms with van der Waals surface area (Å²) in [6, 6.07) is 7.42. The van der Waals surface area contributed by atoms with Crippen molar-refractivity contribution >= 4 is 17.3 Å². The number of nitrogens with zero attached hydrogens (tertiary/aromatic N) is 1. The fraction of sp³-hybridized carbons (Fsp3) is 0.286. The van der Waals surface area contributed by atoms with Gasteiger partial charge >= 0.3 is 5.97 Å². The number of hydrogen-bond acceptors (Lipinski definition) is 5. The van der Waals surface area contributed by atoms with Gasteiger partial charge in [0.15, 0.2) is 0 Å². The van der Waals surface area contributed by atoms with Gasteiger partial charge in [0, 0.05) is 12.7 Å². The van der Waals surface area contributed by atoms with Crippen LogP contribution < -0.4 is 4.74 Å². The molecular formula is C14H15NO4S. The SMILES string of the molecule is CCOc1ccc(-c2nc(COC)c(C(=O)O)s2)cc1. The van der Waals surface area contributed by atoms with Crippen molar-refractivity contribution in [3.05, 3.63) is 34.8 Å². The average Bonchev–Trinajstić information content (AvgIpc) is 2.85. The van der Waals surface area contributed by atoms with Gasteiger partial charge < -0.3 is 14.6 Å². The van der Waals surface area contributed by atoms with Crippen molar-refractivity contribution in [2.24, 2.45) is 0 Å². The molecule has 0 amide bonds. The van der Waals surface area contributed by atoms with E-state index >= 15 is 0 Å². The molecule has 5 nitrogen and oxygen atoms in total. The van der Waals surface area contributed by atoms with Gasteiger partial charge in [0.05, 0.1) is 18.9 Å². The van der Waals surface area contributed by atoms with Gasteiger partial charge in [0.2, 0.25) is 0 Å². The number of carbonyl (C=O) groups is 1. The van der Waals surface area contributed by atoms with E-state index in [0.29, 0.717) is 17.3 Å². The van der Waals surface area contributed by atoms with E-state index in [1.807, 2.05) is 31.2 Å². The molecule has 0 saturated carbocycles. The Labute approximate surface area is 120 Å². The second kappa shape index (κ2) is 6.49. The molecule has 0 spiro atoms. The molecule has 0 atom stereocenters. The van der Waals surface area contributed by atoms with Crippen LogP contribution in [0.4, 0.5) is 0 Å². The van der Waals surface area contributed by atoms with Crippen LogP contribution in [-0.4, -0.2) is 29.8 Å². The average molecular weight is 293 g/mol. The summed E-state index contributed by atoms with van der Waals surface area (Å²) in [5.41, 5.74) is 1.32. The van der Waals surface area contributed by atoms with Crippen LogP contribution in [0, 0.1) is 0 Å². The first kappa shape index (κ1) is 14.5. The van der Waals surface area contributed by atoms with Crippen LogP contribution in [0.15, 0.2) is 24.3 Å². The monoisotopic (exact) mass is 293 g/mol. The number of rotatable bonds is 6. The van der Waals surface area contributed by atoms with Crippen molar-refractivity contribution in [2.75, 3.05) is 13.7 Å². The topological polar surface area (TPSA) is 68.7 Å². The highest BCUT2D eigenvalue weighted by atomic mass is 32.1. The van der Waals surface area contributed by atoms with Gasteiger partial charge in [-0.25, -0.2) is 9.78 Å². The molecule has 0 saturated heterocycles. The van der Waals surface area contributed by atoms with E-state index in [0.717, 1.165) is 22.6 Å². The molecule has 0 fully saturated rings. The summed E-state index contributed by atoms with van der Waals surface area (Å²) < 4.78 is 10.4. The first-order chi connectivity index (χ1) is 9.65. The molecule has 6 heteroatoms. The van der Waals surface area contributed by atoms with Crippen LogP contribution >= 0.6 is 11.3 Å². The third kappa shape index (κ3) is 3.15. The minimum Gasteiger partial charge on any atom is -0.494 e. The van der Waals surface area contributed by atoms with E-state index < -0.39 is 5.97 Å². The molecule has 2 aromatic rings. The number of carboxylic acids is 1. The molecular weight excluding hydrogens is 278 g/mol. The summed E-state index contributed by atoms with van der Waals surface area (Å²) in [6.07, 6.45) is 0. The Kier molecular flexibility index (Phi) is 4.70. The first-order valence-electron chi connectivity index (χ1n) is 6.10. The van der Waals surface area contributed by atoms with Crippen LogP contribution in [0.3, 0.4) is 0 Å². The molecule has 1 aromatic heterocycles. The predicted molar refractivity (Wildman–Crippen MR) is 76.4 cm³/mol. The molecule has 1 aromatic carbocycles. The molecule has 1 N–H and O–H groups in total. The molecule has 0 aliphatic heterocycles. The first-order valence-corrected chi connectivity index (χ1v) is 6.92. The lowest BCUT2D eigenvalue weighted by Gasteiger charge is -2.02. The quantitative estimate of drug-likeness (QED) is 0.886. The minimum absolute atomic E-state index is 0.190. The summed E-state index contributed by atoms with van der Waals surface area (Å²) in [4.78, 5) is 15.7. The Morgan fingerprint density at radius 2 is 2.05 bits per heavy atom. The third-order valence-corrected chi connectivity index (χ3v) is 3.72. The zero-order valence-corrected chi connectivity index (χ0v) is 12.1. The molecule has 1 heterocycles. The molecule has 20 heavy (non-hydrogen) atoms. The number of methoxy groups -OCH3 is 1. The zero-order valence-electron chi connectivity index (χ0n) is 11.3. The lowest BCUT2D eigenvalue weighted by Crippen LogP contribution is -1.99. The largest absolute Gasteiger partial charge is 0.494 e. The van der Waals surface area contributed by atoms with Gasteiger partial charge in [-0.05, 0) is 31.2 Å². The van der Waals surface area contributed by atoms with Gasteiger partial charge in [-0.3, -0.25) is 0 Å². The van der Waals surface area contributed by atoms with Gasteiger partial charge in [-0.1, -0.05) is 0 Å². The number of thiazole rings is 1. The smallest absolute Gasteiger partial charge is 0.347 e. The molecule has 0 aliphatic rings. The standard InChI is InChI=1S/C14H15NO4S/c1-3-19-10-6-4-9(5-7-10)13-15-11(8-18-2)12(20-13)14(16)17/h4-7H,3,8H2,1-2H3,(H,16,17). The maximum Gasteiger partial charge on any atom is 0.347 e. The number of hydrogen-bond donors (Lipinski definition) is 1. The fourth-order valence-electron chi connectivity index (χ4n) is 1.74. The Hall–Kier alpha value is -1.92. The zero-order chi connectivity index (χ0) is 14.5. The number of ether oxygens (including phenoxy) is 2. The van der Waals surface area contributed by atoms with Gasteiger partial charge in [0.25, 0.3) is 0 Å². The van der Waals surface area contributed by atoms with E-state index in [1.165, 1.54) is 7.11 Å². The predicted octanol–water partition coefficient (Wildman–Crippen LogP) is 3.05. The van der Waals surface area contributed by atoms with E-state index in [4.69, 9.17) is 14.6 Å². The van der Waals surface area contributed by atoms with E-state index in [9.17, 15) is 4.79 Å². The summed E-state index contributed by atoms with van der Waals surface area (Å²) >= 11 is 1.15. The summed E-state index contributed by atoms with van der Waals surface area (Å²) in [5, 5.41) is 9.83. The van der Waals surface area contributed by atoms with E-state index in [-0.39, 0.29) is 11.5 Å². The van der Waals surface area contributed by atoms with Crippen molar-refractivity contribution in [3.63, 3.8) is 0 Å². The van der Waals surface area contributed by atoms with Crippen LogP contribution in [0.25, 0.3) is 10.6 Å². The number of benzene rings is 1. The highest BCUT2D eigenvalue weighted by Gasteiger charge is 2.17. The van der Waals surface area contributed by atoms with Crippen LogP contribution in [0.1, 0.15) is 22.3 Å². The van der Waals surface area contributed by atoms with Crippen LogP contribution in [-0.2, 0) is 11.3 Å². The van der Waals surface area contributed by atoms with Crippen LogP contribution in [0.2, 0.25) is 0 Å². The molecule has 0 radical (unpaired) electrons. The highest BCUT2D eigenvalue weighted by Crippen LogP contribution is 2.29. The maximum atomic E-state index is 11.2. The normalized spacial score (nSPS) is 10.5. The number of aromatic nitrogens is 1. The Balaban J connectivity index is 2.32. The molecule has 0 aliphatic carbocycles. The maximum absolute atomic E-state index is 11.2. The Morgan fingerprint density at radius 1 is 1.35 bits per heavy atom. The van der Waals surface area contributed by atoms with Crippen LogP contribution in [0.5, 0.6) is 5.75 Å². The summed E-state index contributed by atoms with van der Waals surface area (Å²) in [6.45, 7) is 2.72. The van der Waals surface area contributed by atoms with Gasteiger partial charge in [0.1, 0.15) is 15.6 Å². The Morgan fingerprint density at radius 3 is 2.60 bits per heavy atom. The van der Waals surface area contributed by atoms with Gasteiger partial charge in [-0.15, -0.1) is 11.3 Å². The molecule has 106 valence electrons. The lowest BCUT2D eigenvalue weighted by atomic mass is 10.2. The number of aromatic carboxylic acids is 1. The molecule has 0 unspecified atom stereocenters. The van der Waals surface area contributed by atoms with Crippen molar-refractivity contribution in [1.82, 2.24) is 4.98 Å². The second-order valence-electron chi connectivity index (χ2n) is 3.99. The third-order valence-electron chi connectivity index (χ3n) is 2.58. The van der Waals surface area contributed by atoms with E-state index in [2.05, 4.69) is 4.98 Å². The summed E-state index contributed by atoms with van der Waals surface area (Å²) in [7, 11) is 1.52. The molecule has 0 bridgehead atoms. The van der Waals surface area contributed by atoms with Crippen molar-refractivity contribution in [3.8, 4) is 16.3 Å². The van der Waals surface area contributed by atoms with Gasteiger partial charge in [-0.2, -0.15) is 0 Å². The summed E-state index contributed by atoms with van der Waals surface area (Å²) in [5.74, 6) is -0.199. The van der Waals surface area contributed by atoms with Crippen molar-refractivity contribution in [2.45, 2.75) is 13.5 Å². The van der Waals surface area contributed by atoms with Crippen molar-refractivity contribution in [1.29, 1.82) is 0 Å². The molecule has 2 rings (SSSR count). The Bertz CT molecular complexity index is 592. The lowest BCUT2D eigenvalue weighted by molar-refractivity contribution is 0.0697. The number of carboxylic acid groups (broad SMARTS) is 1. The fourth-order valence-corrected chi connectivity index (χ4v) is 2.65.